The summed E-state index contributed by atoms with van der Waals surface area (Å²) in [4.78, 5) is 30.5. The molecule has 2 heterocycles. The second-order valence-electron chi connectivity index (χ2n) is 10.5. The molecule has 47 heavy (non-hydrogen) atoms. The summed E-state index contributed by atoms with van der Waals surface area (Å²) >= 11 is 6.82. The number of nitrogens with zero attached hydrogens (tertiary/aromatic N) is 2. The molecule has 1 atom stereocenters. The van der Waals surface area contributed by atoms with E-state index in [0.29, 0.717) is 22.1 Å². The predicted molar refractivity (Wildman–Crippen MR) is 174 cm³/mol. The van der Waals surface area contributed by atoms with Gasteiger partial charge in [-0.3, -0.25) is 9.36 Å². The van der Waals surface area contributed by atoms with Crippen molar-refractivity contribution in [1.82, 2.24) is 4.57 Å². The number of carbonyl (C=O) groups excluding carboxylic acids is 1. The summed E-state index contributed by atoms with van der Waals surface area (Å²) in [6.45, 7) is 1.59. The van der Waals surface area contributed by atoms with Crippen molar-refractivity contribution in [2.24, 2.45) is 4.99 Å². The highest BCUT2D eigenvalue weighted by Gasteiger charge is 2.45. The maximum atomic E-state index is 14.4. The van der Waals surface area contributed by atoms with Crippen molar-refractivity contribution in [3.8, 4) is 11.5 Å². The molecule has 1 aliphatic heterocycles. The summed E-state index contributed by atoms with van der Waals surface area (Å²) in [6.07, 6.45) is -3.47. The zero-order chi connectivity index (χ0) is 33.3. The molecule has 0 saturated carbocycles. The maximum Gasteiger partial charge on any atom is 0.434 e. The lowest BCUT2D eigenvalue weighted by Gasteiger charge is -2.26. The van der Waals surface area contributed by atoms with Crippen LogP contribution in [0.15, 0.2) is 106 Å². The number of rotatable bonds is 8. The van der Waals surface area contributed by atoms with Gasteiger partial charge in [-0.05, 0) is 64.7 Å². The highest BCUT2D eigenvalue weighted by molar-refractivity contribution is 7.07. The van der Waals surface area contributed by atoms with E-state index in [4.69, 9.17) is 25.8 Å². The minimum Gasteiger partial charge on any atom is -0.493 e. The summed E-state index contributed by atoms with van der Waals surface area (Å²) in [5.74, 6) is -0.355. The van der Waals surface area contributed by atoms with Crippen LogP contribution < -0.4 is 24.4 Å². The number of hydrogen-bond acceptors (Lipinski definition) is 7. The van der Waals surface area contributed by atoms with Gasteiger partial charge in [-0.25, -0.2) is 9.79 Å². The van der Waals surface area contributed by atoms with Crippen LogP contribution in [0, 0.1) is 0 Å². The molecule has 240 valence electrons. The summed E-state index contributed by atoms with van der Waals surface area (Å²) in [6, 6.07) is 23.4. The number of methoxy groups -OCH3 is 1. The van der Waals surface area contributed by atoms with Crippen LogP contribution >= 0.6 is 22.9 Å². The fourth-order valence-electron chi connectivity index (χ4n) is 5.42. The van der Waals surface area contributed by atoms with Gasteiger partial charge in [-0.2, -0.15) is 13.2 Å². The lowest BCUT2D eigenvalue weighted by molar-refractivity contribution is -0.140. The van der Waals surface area contributed by atoms with Gasteiger partial charge in [0.05, 0.1) is 29.9 Å². The Morgan fingerprint density at radius 2 is 1.77 bits per heavy atom. The van der Waals surface area contributed by atoms with Crippen molar-refractivity contribution in [3.63, 3.8) is 0 Å². The van der Waals surface area contributed by atoms with E-state index in [1.54, 1.807) is 18.2 Å². The quantitative estimate of drug-likeness (QED) is 0.170. The van der Waals surface area contributed by atoms with Gasteiger partial charge in [0, 0.05) is 5.02 Å². The Morgan fingerprint density at radius 3 is 2.49 bits per heavy atom. The lowest BCUT2D eigenvalue weighted by atomic mass is 9.95. The van der Waals surface area contributed by atoms with Crippen molar-refractivity contribution in [2.75, 3.05) is 13.7 Å². The molecule has 0 radical (unpaired) electrons. The number of carbonyl (C=O) groups is 1. The van der Waals surface area contributed by atoms with E-state index >= 15 is 0 Å². The average Bonchev–Trinajstić information content (AvgIpc) is 3.37. The SMILES string of the molecule is CCOC(=O)C1=C(C(F)(F)F)N=c2s/c(=C\c3ccc(OCc4cccc5ccccc45)c(OC)c3)c(=O)n2[C@@H]1c1ccc(Cl)cc1. The van der Waals surface area contributed by atoms with Crippen molar-refractivity contribution >= 4 is 45.8 Å². The Morgan fingerprint density at radius 1 is 1.02 bits per heavy atom. The van der Waals surface area contributed by atoms with Crippen LogP contribution in [0.5, 0.6) is 11.5 Å². The zero-order valence-corrected chi connectivity index (χ0v) is 26.6. The van der Waals surface area contributed by atoms with Crippen molar-refractivity contribution in [1.29, 1.82) is 0 Å². The standard InChI is InChI=1S/C35H26ClF3N2O5S/c1-3-45-33(43)29-30(22-12-14-24(36)15-13-22)41-32(42)28(47-34(41)40-31(29)35(37,38)39)18-20-11-16-26(27(17-20)44-2)46-19-23-9-6-8-21-7-4-5-10-25(21)23/h4-18,30H,3,19H2,1-2H3/b28-18-/t30-/m1/s1. The van der Waals surface area contributed by atoms with Crippen LogP contribution in [-0.2, 0) is 16.1 Å². The van der Waals surface area contributed by atoms with E-state index in [1.165, 1.54) is 44.4 Å². The molecule has 4 aromatic carbocycles. The van der Waals surface area contributed by atoms with E-state index in [2.05, 4.69) is 4.99 Å². The number of alkyl halides is 3. The highest BCUT2D eigenvalue weighted by atomic mass is 35.5. The third-order valence-corrected chi connectivity index (χ3v) is 8.76. The number of aromatic nitrogens is 1. The van der Waals surface area contributed by atoms with E-state index in [1.807, 2.05) is 42.5 Å². The molecule has 5 aromatic rings. The first-order valence-corrected chi connectivity index (χ1v) is 15.6. The number of ether oxygens (including phenoxy) is 3. The Bertz CT molecular complexity index is 2200. The van der Waals surface area contributed by atoms with Crippen LogP contribution in [0.4, 0.5) is 13.2 Å². The fraction of sp³-hybridized carbons (Fsp3) is 0.171. The highest BCUT2D eigenvalue weighted by Crippen LogP contribution is 2.38. The van der Waals surface area contributed by atoms with Gasteiger partial charge in [0.2, 0.25) is 0 Å². The molecule has 0 fully saturated rings. The monoisotopic (exact) mass is 678 g/mol. The number of allylic oxidation sites excluding steroid dienone is 1. The predicted octanol–water partition coefficient (Wildman–Crippen LogP) is 6.73. The first kappa shape index (κ1) is 32.1. The van der Waals surface area contributed by atoms with Gasteiger partial charge in [-0.1, -0.05) is 83.6 Å². The number of fused-ring (bicyclic) bond motifs is 2. The van der Waals surface area contributed by atoms with Gasteiger partial charge < -0.3 is 14.2 Å². The largest absolute Gasteiger partial charge is 0.493 e. The van der Waals surface area contributed by atoms with Gasteiger partial charge in [0.15, 0.2) is 22.0 Å². The van der Waals surface area contributed by atoms with E-state index in [0.717, 1.165) is 32.2 Å². The summed E-state index contributed by atoms with van der Waals surface area (Å²) in [5, 5.41) is 2.49. The zero-order valence-electron chi connectivity index (χ0n) is 25.0. The molecule has 1 aliphatic rings. The van der Waals surface area contributed by atoms with E-state index in [-0.39, 0.29) is 28.1 Å². The third-order valence-electron chi connectivity index (χ3n) is 7.53. The molecule has 0 unspecified atom stereocenters. The second-order valence-corrected chi connectivity index (χ2v) is 11.9. The first-order valence-electron chi connectivity index (χ1n) is 14.4. The number of thiazole rings is 1. The molecule has 6 rings (SSSR count). The van der Waals surface area contributed by atoms with Gasteiger partial charge >= 0.3 is 12.1 Å². The average molecular weight is 679 g/mol. The molecule has 1 aromatic heterocycles. The molecular weight excluding hydrogens is 653 g/mol. The second kappa shape index (κ2) is 13.1. The maximum absolute atomic E-state index is 14.4. The van der Waals surface area contributed by atoms with Crippen LogP contribution in [-0.4, -0.2) is 30.4 Å². The molecule has 12 heteroatoms. The summed E-state index contributed by atoms with van der Waals surface area (Å²) < 4.78 is 61.0. The van der Waals surface area contributed by atoms with Crippen molar-refractivity contribution in [3.05, 3.63) is 138 Å². The molecule has 0 N–H and O–H groups in total. The van der Waals surface area contributed by atoms with Gasteiger partial charge in [0.25, 0.3) is 5.56 Å². The number of benzene rings is 4. The van der Waals surface area contributed by atoms with Crippen LogP contribution in [0.2, 0.25) is 5.02 Å². The molecule has 0 bridgehead atoms. The molecule has 0 amide bonds. The van der Waals surface area contributed by atoms with Crippen LogP contribution in [0.1, 0.15) is 29.7 Å². The smallest absolute Gasteiger partial charge is 0.434 e. The topological polar surface area (TPSA) is 79.1 Å². The first-order chi connectivity index (χ1) is 22.6. The minimum atomic E-state index is -5.00. The Labute approximate surface area is 275 Å². The Kier molecular flexibility index (Phi) is 8.94. The molecule has 7 nitrogen and oxygen atoms in total. The van der Waals surface area contributed by atoms with E-state index < -0.39 is 35.0 Å². The van der Waals surface area contributed by atoms with Crippen molar-refractivity contribution < 1.29 is 32.2 Å². The van der Waals surface area contributed by atoms with Gasteiger partial charge in [-0.15, -0.1) is 0 Å². The molecular formula is C35H26ClF3N2O5S. The molecule has 0 saturated heterocycles. The summed E-state index contributed by atoms with van der Waals surface area (Å²) in [5.41, 5.74) is -1.07. The van der Waals surface area contributed by atoms with Crippen LogP contribution in [0.3, 0.4) is 0 Å². The lowest BCUT2D eigenvalue weighted by Crippen LogP contribution is -2.41. The number of hydrogen-bond donors (Lipinski definition) is 0. The normalized spacial score (nSPS) is 14.9. The number of esters is 1. The van der Waals surface area contributed by atoms with Crippen molar-refractivity contribution in [2.45, 2.75) is 25.7 Å². The fourth-order valence-corrected chi connectivity index (χ4v) is 6.55. The van der Waals surface area contributed by atoms with E-state index in [9.17, 15) is 22.8 Å². The summed E-state index contributed by atoms with van der Waals surface area (Å²) in [7, 11) is 1.49. The van der Waals surface area contributed by atoms with Gasteiger partial charge in [0.1, 0.15) is 6.61 Å². The Hall–Kier alpha value is -4.87. The van der Waals surface area contributed by atoms with Crippen LogP contribution in [0.25, 0.3) is 16.8 Å². The number of halogens is 4. The molecule has 0 aliphatic carbocycles. The third kappa shape index (κ3) is 6.41. The Balaban J connectivity index is 1.41. The molecule has 0 spiro atoms. The minimum absolute atomic E-state index is 0.0980.